The van der Waals surface area contributed by atoms with E-state index in [1.807, 2.05) is 29.2 Å². The van der Waals surface area contributed by atoms with E-state index in [9.17, 15) is 9.59 Å². The van der Waals surface area contributed by atoms with Crippen molar-refractivity contribution in [3.8, 4) is 5.75 Å². The number of amides is 1. The first-order valence-electron chi connectivity index (χ1n) is 11.2. The summed E-state index contributed by atoms with van der Waals surface area (Å²) in [5, 5.41) is 0.957. The summed E-state index contributed by atoms with van der Waals surface area (Å²) in [5.74, 6) is 0.724. The first kappa shape index (κ1) is 22.1. The Kier molecular flexibility index (Phi) is 6.02. The number of methoxy groups -OCH3 is 1. The number of carbonyl (C=O) groups excluding carboxylic acids is 2. The third kappa shape index (κ3) is 4.15. The molecule has 0 saturated carbocycles. The number of hydrogen-bond acceptors (Lipinski definition) is 6. The van der Waals surface area contributed by atoms with Crippen LogP contribution in [0.4, 0.5) is 5.13 Å². The van der Waals surface area contributed by atoms with Gasteiger partial charge in [0, 0.05) is 42.9 Å². The maximum atomic E-state index is 13.1. The van der Waals surface area contributed by atoms with Crippen molar-refractivity contribution >= 4 is 38.4 Å². The van der Waals surface area contributed by atoms with Gasteiger partial charge in [-0.1, -0.05) is 59.9 Å². The van der Waals surface area contributed by atoms with Gasteiger partial charge in [-0.2, -0.15) is 0 Å². The van der Waals surface area contributed by atoms with E-state index >= 15 is 0 Å². The molecule has 3 aromatic carbocycles. The molecule has 0 N–H and O–H groups in total. The summed E-state index contributed by atoms with van der Waals surface area (Å²) in [4.78, 5) is 34.6. The van der Waals surface area contributed by atoms with Gasteiger partial charge in [0.25, 0.3) is 5.91 Å². The number of anilines is 1. The Bertz CT molecular complexity index is 1340. The van der Waals surface area contributed by atoms with E-state index in [1.54, 1.807) is 54.8 Å². The minimum Gasteiger partial charge on any atom is -0.494 e. The number of ketones is 1. The number of thiazole rings is 1. The van der Waals surface area contributed by atoms with Crippen LogP contribution in [0.1, 0.15) is 31.8 Å². The number of carbonyl (C=O) groups is 2. The first-order valence-corrected chi connectivity index (χ1v) is 12.0. The quantitative estimate of drug-likeness (QED) is 0.391. The molecule has 1 fully saturated rings. The molecule has 1 aliphatic heterocycles. The molecule has 0 spiro atoms. The van der Waals surface area contributed by atoms with E-state index in [1.165, 1.54) is 5.56 Å². The van der Waals surface area contributed by atoms with Gasteiger partial charge in [-0.3, -0.25) is 9.59 Å². The van der Waals surface area contributed by atoms with Crippen LogP contribution in [-0.2, 0) is 0 Å². The molecule has 1 aromatic heterocycles. The second-order valence-electron chi connectivity index (χ2n) is 8.31. The topological polar surface area (TPSA) is 62.7 Å². The summed E-state index contributed by atoms with van der Waals surface area (Å²) in [6.45, 7) is 4.76. The largest absolute Gasteiger partial charge is 0.494 e. The molecule has 34 heavy (non-hydrogen) atoms. The molecule has 1 aliphatic rings. The highest BCUT2D eigenvalue weighted by atomic mass is 32.1. The van der Waals surface area contributed by atoms with Crippen LogP contribution in [0, 0.1) is 6.92 Å². The van der Waals surface area contributed by atoms with Crippen molar-refractivity contribution in [1.29, 1.82) is 0 Å². The van der Waals surface area contributed by atoms with Crippen molar-refractivity contribution in [2.45, 2.75) is 6.92 Å². The Balaban J connectivity index is 1.25. The number of nitrogens with zero attached hydrogens (tertiary/aromatic N) is 3. The molecule has 0 atom stereocenters. The Labute approximate surface area is 202 Å². The molecular formula is C27H25N3O3S. The van der Waals surface area contributed by atoms with E-state index in [4.69, 9.17) is 9.72 Å². The lowest BCUT2D eigenvalue weighted by Crippen LogP contribution is -2.48. The predicted octanol–water partition coefficient (Wildman–Crippen LogP) is 4.81. The van der Waals surface area contributed by atoms with Gasteiger partial charge in [0.05, 0.1) is 11.8 Å². The summed E-state index contributed by atoms with van der Waals surface area (Å²) < 4.78 is 6.62. The lowest BCUT2D eigenvalue weighted by molar-refractivity contribution is 0.0746. The SMILES string of the molecule is COc1ccc(C)c2sc(N3CCN(C(=O)c4ccc(C(=O)c5ccccc5)cc4)CC3)nc12. The second kappa shape index (κ2) is 9.27. The zero-order valence-electron chi connectivity index (χ0n) is 19.2. The minimum absolute atomic E-state index is 0.0137. The molecule has 5 rings (SSSR count). The first-order chi connectivity index (χ1) is 16.5. The van der Waals surface area contributed by atoms with E-state index in [0.29, 0.717) is 29.8 Å². The maximum absolute atomic E-state index is 13.1. The molecule has 7 heteroatoms. The molecule has 0 bridgehead atoms. The van der Waals surface area contributed by atoms with Crippen LogP contribution >= 0.6 is 11.3 Å². The standard InChI is InChI=1S/C27H25N3O3S/c1-18-8-13-22(33-2)23-25(18)34-27(28-23)30-16-14-29(15-17-30)26(32)21-11-9-20(10-12-21)24(31)19-6-4-3-5-7-19/h3-13H,14-17H2,1-2H3. The van der Waals surface area contributed by atoms with Gasteiger partial charge in [-0.15, -0.1) is 0 Å². The Morgan fingerprint density at radius 2 is 1.50 bits per heavy atom. The lowest BCUT2D eigenvalue weighted by Gasteiger charge is -2.34. The third-order valence-electron chi connectivity index (χ3n) is 6.18. The molecule has 0 aliphatic carbocycles. The van der Waals surface area contributed by atoms with Crippen LogP contribution in [0.3, 0.4) is 0 Å². The van der Waals surface area contributed by atoms with E-state index in [-0.39, 0.29) is 11.7 Å². The summed E-state index contributed by atoms with van der Waals surface area (Å²) in [6.07, 6.45) is 0. The Hall–Kier alpha value is -3.71. The Morgan fingerprint density at radius 3 is 2.18 bits per heavy atom. The number of rotatable bonds is 5. The zero-order valence-corrected chi connectivity index (χ0v) is 20.0. The highest BCUT2D eigenvalue weighted by Gasteiger charge is 2.25. The van der Waals surface area contributed by atoms with Gasteiger partial charge in [0.1, 0.15) is 11.3 Å². The summed E-state index contributed by atoms with van der Waals surface area (Å²) in [6, 6.07) is 20.1. The van der Waals surface area contributed by atoms with Gasteiger partial charge in [0.2, 0.25) is 0 Å². The van der Waals surface area contributed by atoms with Gasteiger partial charge in [-0.05, 0) is 30.7 Å². The van der Waals surface area contributed by atoms with Gasteiger partial charge < -0.3 is 14.5 Å². The average molecular weight is 472 g/mol. The fourth-order valence-electron chi connectivity index (χ4n) is 4.20. The van der Waals surface area contributed by atoms with E-state index < -0.39 is 0 Å². The van der Waals surface area contributed by atoms with Crippen molar-refractivity contribution in [3.05, 3.63) is 89.0 Å². The van der Waals surface area contributed by atoms with Crippen molar-refractivity contribution in [1.82, 2.24) is 9.88 Å². The molecular weight excluding hydrogens is 446 g/mol. The second-order valence-corrected chi connectivity index (χ2v) is 9.29. The summed E-state index contributed by atoms with van der Waals surface area (Å²) in [5.41, 5.74) is 3.89. The van der Waals surface area contributed by atoms with Gasteiger partial charge in [-0.25, -0.2) is 4.98 Å². The number of benzene rings is 3. The van der Waals surface area contributed by atoms with Crippen LogP contribution in [-0.4, -0.2) is 54.9 Å². The summed E-state index contributed by atoms with van der Waals surface area (Å²) in [7, 11) is 1.66. The van der Waals surface area contributed by atoms with E-state index in [0.717, 1.165) is 34.2 Å². The number of piperazine rings is 1. The number of ether oxygens (including phenoxy) is 1. The van der Waals surface area contributed by atoms with Crippen molar-refractivity contribution < 1.29 is 14.3 Å². The molecule has 2 heterocycles. The third-order valence-corrected chi connectivity index (χ3v) is 7.43. The molecule has 172 valence electrons. The van der Waals surface area contributed by atoms with E-state index in [2.05, 4.69) is 17.9 Å². The van der Waals surface area contributed by atoms with Crippen LogP contribution in [0.15, 0.2) is 66.7 Å². The molecule has 0 unspecified atom stereocenters. The van der Waals surface area contributed by atoms with Crippen LogP contribution in [0.25, 0.3) is 10.2 Å². The van der Waals surface area contributed by atoms with Crippen molar-refractivity contribution in [2.24, 2.45) is 0 Å². The number of aryl methyl sites for hydroxylation is 1. The van der Waals surface area contributed by atoms with Crippen molar-refractivity contribution in [2.75, 3.05) is 38.2 Å². The normalized spacial score (nSPS) is 13.8. The smallest absolute Gasteiger partial charge is 0.253 e. The van der Waals surface area contributed by atoms with Gasteiger partial charge >= 0.3 is 0 Å². The zero-order chi connectivity index (χ0) is 23.7. The maximum Gasteiger partial charge on any atom is 0.253 e. The lowest BCUT2D eigenvalue weighted by atomic mass is 10.0. The molecule has 4 aromatic rings. The molecule has 0 radical (unpaired) electrons. The number of aromatic nitrogens is 1. The van der Waals surface area contributed by atoms with Crippen LogP contribution < -0.4 is 9.64 Å². The Morgan fingerprint density at radius 1 is 0.853 bits per heavy atom. The van der Waals surface area contributed by atoms with Crippen LogP contribution in [0.2, 0.25) is 0 Å². The molecule has 1 saturated heterocycles. The molecule has 6 nitrogen and oxygen atoms in total. The fraction of sp³-hybridized carbons (Fsp3) is 0.222. The van der Waals surface area contributed by atoms with Crippen molar-refractivity contribution in [3.63, 3.8) is 0 Å². The average Bonchev–Trinajstić information content (AvgIpc) is 3.35. The monoisotopic (exact) mass is 471 g/mol. The fourth-order valence-corrected chi connectivity index (χ4v) is 5.31. The number of fused-ring (bicyclic) bond motifs is 1. The predicted molar refractivity (Wildman–Crippen MR) is 135 cm³/mol. The molecule has 1 amide bonds. The van der Waals surface area contributed by atoms with Crippen LogP contribution in [0.5, 0.6) is 5.75 Å². The minimum atomic E-state index is -0.0454. The number of hydrogen-bond donors (Lipinski definition) is 0. The summed E-state index contributed by atoms with van der Waals surface area (Å²) >= 11 is 1.67. The highest BCUT2D eigenvalue weighted by molar-refractivity contribution is 7.22. The highest BCUT2D eigenvalue weighted by Crippen LogP contribution is 2.36. The van der Waals surface area contributed by atoms with Gasteiger partial charge in [0.15, 0.2) is 10.9 Å².